The summed E-state index contributed by atoms with van der Waals surface area (Å²) in [7, 11) is 1.56. The van der Waals surface area contributed by atoms with E-state index in [-0.39, 0.29) is 18.7 Å². The number of anilines is 1. The van der Waals surface area contributed by atoms with Gasteiger partial charge in [-0.2, -0.15) is 0 Å². The average Bonchev–Trinajstić information content (AvgIpc) is 3.06. The zero-order valence-electron chi connectivity index (χ0n) is 13.9. The topological polar surface area (TPSA) is 80.0 Å². The molecule has 7 heteroatoms. The monoisotopic (exact) mass is 417 g/mol. The van der Waals surface area contributed by atoms with Gasteiger partial charge in [-0.1, -0.05) is 15.9 Å². The van der Waals surface area contributed by atoms with Crippen molar-refractivity contribution in [1.29, 1.82) is 0 Å². The van der Waals surface area contributed by atoms with E-state index < -0.39 is 11.9 Å². The molecule has 0 aliphatic heterocycles. The first kappa shape index (κ1) is 18.0. The highest BCUT2D eigenvalue weighted by molar-refractivity contribution is 9.10. The smallest absolute Gasteiger partial charge is 0.305 e. The average molecular weight is 418 g/mol. The lowest BCUT2D eigenvalue weighted by Gasteiger charge is -2.21. The van der Waals surface area contributed by atoms with E-state index in [0.717, 1.165) is 9.86 Å². The van der Waals surface area contributed by atoms with Crippen molar-refractivity contribution in [2.24, 2.45) is 0 Å². The Labute approximate surface area is 158 Å². The van der Waals surface area contributed by atoms with E-state index in [1.807, 2.05) is 0 Å². The number of furan rings is 1. The number of carboxylic acids is 1. The molecule has 26 heavy (non-hydrogen) atoms. The summed E-state index contributed by atoms with van der Waals surface area (Å²) in [6.45, 7) is 0.0379. The van der Waals surface area contributed by atoms with E-state index in [4.69, 9.17) is 14.3 Å². The molecule has 0 unspecified atom stereocenters. The van der Waals surface area contributed by atoms with Crippen LogP contribution < -0.4 is 9.64 Å². The van der Waals surface area contributed by atoms with Crippen LogP contribution >= 0.6 is 15.9 Å². The lowest BCUT2D eigenvalue weighted by molar-refractivity contribution is -0.136. The number of aliphatic carboxylic acids is 1. The second kappa shape index (κ2) is 7.61. The van der Waals surface area contributed by atoms with Crippen molar-refractivity contribution in [3.63, 3.8) is 0 Å². The van der Waals surface area contributed by atoms with Gasteiger partial charge in [0.2, 0.25) is 0 Å². The zero-order valence-corrected chi connectivity index (χ0v) is 15.5. The third-order valence-electron chi connectivity index (χ3n) is 3.87. The van der Waals surface area contributed by atoms with Crippen molar-refractivity contribution in [3.05, 3.63) is 58.8 Å². The molecule has 0 saturated heterocycles. The third kappa shape index (κ3) is 3.88. The van der Waals surface area contributed by atoms with E-state index in [9.17, 15) is 9.59 Å². The summed E-state index contributed by atoms with van der Waals surface area (Å²) >= 11 is 3.35. The molecule has 0 saturated carbocycles. The van der Waals surface area contributed by atoms with E-state index >= 15 is 0 Å². The minimum Gasteiger partial charge on any atom is -0.497 e. The summed E-state index contributed by atoms with van der Waals surface area (Å²) in [5, 5.41) is 9.73. The molecule has 0 atom stereocenters. The molecule has 3 aromatic rings. The van der Waals surface area contributed by atoms with Crippen LogP contribution in [-0.4, -0.2) is 30.6 Å². The number of carboxylic acid groups (broad SMARTS) is 1. The Bertz CT molecular complexity index is 948. The van der Waals surface area contributed by atoms with Crippen LogP contribution in [0.3, 0.4) is 0 Å². The number of rotatable bonds is 6. The summed E-state index contributed by atoms with van der Waals surface area (Å²) in [6, 6.07) is 14.0. The standard InChI is InChI=1S/C19H16BrNO5/c1-25-15-6-7-16-12(10-15)11-17(26-16)19(24)21(9-8-18(22)23)14-4-2-13(20)3-5-14/h2-7,10-11H,8-9H2,1H3,(H,22,23). The van der Waals surface area contributed by atoms with Gasteiger partial charge in [0.1, 0.15) is 11.3 Å². The lowest BCUT2D eigenvalue weighted by atomic mass is 10.2. The number of halogens is 1. The molecule has 0 spiro atoms. The number of amides is 1. The van der Waals surface area contributed by atoms with Gasteiger partial charge in [0, 0.05) is 22.1 Å². The maximum absolute atomic E-state index is 13.0. The number of carbonyl (C=O) groups excluding carboxylic acids is 1. The van der Waals surface area contributed by atoms with Gasteiger partial charge >= 0.3 is 5.97 Å². The molecule has 2 aromatic carbocycles. The van der Waals surface area contributed by atoms with Crippen molar-refractivity contribution < 1.29 is 23.8 Å². The molecule has 134 valence electrons. The quantitative estimate of drug-likeness (QED) is 0.645. The van der Waals surface area contributed by atoms with Crippen LogP contribution in [0.4, 0.5) is 5.69 Å². The van der Waals surface area contributed by atoms with E-state index in [1.165, 1.54) is 4.90 Å². The minimum absolute atomic E-state index is 0.0379. The second-order valence-electron chi connectivity index (χ2n) is 5.59. The van der Waals surface area contributed by atoms with Crippen LogP contribution in [0.2, 0.25) is 0 Å². The van der Waals surface area contributed by atoms with E-state index in [1.54, 1.807) is 55.6 Å². The summed E-state index contributed by atoms with van der Waals surface area (Å²) in [5.41, 5.74) is 1.15. The zero-order chi connectivity index (χ0) is 18.7. The first-order valence-corrected chi connectivity index (χ1v) is 8.64. The van der Waals surface area contributed by atoms with E-state index in [2.05, 4.69) is 15.9 Å². The molecule has 0 bridgehead atoms. The van der Waals surface area contributed by atoms with Gasteiger partial charge < -0.3 is 19.2 Å². The lowest BCUT2D eigenvalue weighted by Crippen LogP contribution is -2.32. The Hall–Kier alpha value is -2.80. The number of carbonyl (C=O) groups is 2. The molecule has 0 fully saturated rings. The Morgan fingerprint density at radius 2 is 1.88 bits per heavy atom. The normalized spacial score (nSPS) is 10.7. The fourth-order valence-electron chi connectivity index (χ4n) is 2.56. The predicted octanol–water partition coefficient (Wildman–Crippen LogP) is 4.33. The number of benzene rings is 2. The first-order valence-electron chi connectivity index (χ1n) is 7.85. The van der Waals surface area contributed by atoms with Crippen LogP contribution in [0.5, 0.6) is 5.75 Å². The molecule has 1 aromatic heterocycles. The van der Waals surface area contributed by atoms with Crippen LogP contribution in [0.1, 0.15) is 17.0 Å². The van der Waals surface area contributed by atoms with Gasteiger partial charge in [0.05, 0.1) is 13.5 Å². The van der Waals surface area contributed by atoms with Gasteiger partial charge in [-0.3, -0.25) is 9.59 Å². The minimum atomic E-state index is -0.978. The van der Waals surface area contributed by atoms with Gasteiger partial charge in [0.25, 0.3) is 5.91 Å². The number of hydrogen-bond acceptors (Lipinski definition) is 4. The van der Waals surface area contributed by atoms with Crippen molar-refractivity contribution in [2.75, 3.05) is 18.6 Å². The van der Waals surface area contributed by atoms with Crippen LogP contribution in [0, 0.1) is 0 Å². The summed E-state index contributed by atoms with van der Waals surface area (Å²) in [5.74, 6) is -0.576. The fraction of sp³-hybridized carbons (Fsp3) is 0.158. The van der Waals surface area contributed by atoms with Crippen molar-refractivity contribution >= 4 is 44.5 Å². The van der Waals surface area contributed by atoms with Gasteiger partial charge in [-0.15, -0.1) is 0 Å². The molecule has 1 amide bonds. The van der Waals surface area contributed by atoms with Crippen LogP contribution in [0.15, 0.2) is 57.4 Å². The van der Waals surface area contributed by atoms with Gasteiger partial charge in [-0.25, -0.2) is 0 Å². The van der Waals surface area contributed by atoms with Crippen molar-refractivity contribution in [1.82, 2.24) is 0 Å². The number of nitrogens with zero attached hydrogens (tertiary/aromatic N) is 1. The summed E-state index contributed by atoms with van der Waals surface area (Å²) in [6.07, 6.45) is -0.171. The highest BCUT2D eigenvalue weighted by Crippen LogP contribution is 2.27. The molecule has 1 heterocycles. The fourth-order valence-corrected chi connectivity index (χ4v) is 2.83. The maximum Gasteiger partial charge on any atom is 0.305 e. The second-order valence-corrected chi connectivity index (χ2v) is 6.51. The van der Waals surface area contributed by atoms with Crippen LogP contribution in [0.25, 0.3) is 11.0 Å². The maximum atomic E-state index is 13.0. The van der Waals surface area contributed by atoms with Crippen molar-refractivity contribution in [2.45, 2.75) is 6.42 Å². The molecular weight excluding hydrogens is 402 g/mol. The third-order valence-corrected chi connectivity index (χ3v) is 4.40. The molecule has 6 nitrogen and oxygen atoms in total. The SMILES string of the molecule is COc1ccc2oc(C(=O)N(CCC(=O)O)c3ccc(Br)cc3)cc2c1. The highest BCUT2D eigenvalue weighted by atomic mass is 79.9. The first-order chi connectivity index (χ1) is 12.5. The molecule has 1 N–H and O–H groups in total. The number of ether oxygens (including phenoxy) is 1. The van der Waals surface area contributed by atoms with E-state index in [0.29, 0.717) is 17.0 Å². The summed E-state index contributed by atoms with van der Waals surface area (Å²) < 4.78 is 11.7. The molecule has 0 aliphatic carbocycles. The van der Waals surface area contributed by atoms with Crippen LogP contribution in [-0.2, 0) is 4.79 Å². The number of methoxy groups -OCH3 is 1. The van der Waals surface area contributed by atoms with Gasteiger partial charge in [-0.05, 0) is 48.5 Å². The molecular formula is C19H16BrNO5. The molecule has 3 rings (SSSR count). The Morgan fingerprint density at radius 3 is 2.54 bits per heavy atom. The Morgan fingerprint density at radius 1 is 1.15 bits per heavy atom. The Kier molecular flexibility index (Phi) is 5.27. The largest absolute Gasteiger partial charge is 0.497 e. The number of hydrogen-bond donors (Lipinski definition) is 1. The summed E-state index contributed by atoms with van der Waals surface area (Å²) in [4.78, 5) is 25.3. The van der Waals surface area contributed by atoms with Gasteiger partial charge in [0.15, 0.2) is 5.76 Å². The predicted molar refractivity (Wildman–Crippen MR) is 101 cm³/mol. The number of fused-ring (bicyclic) bond motifs is 1. The molecule has 0 aliphatic rings. The molecule has 0 radical (unpaired) electrons. The Balaban J connectivity index is 1.95. The highest BCUT2D eigenvalue weighted by Gasteiger charge is 2.22. The van der Waals surface area contributed by atoms with Crippen molar-refractivity contribution in [3.8, 4) is 5.75 Å².